The van der Waals surface area contributed by atoms with E-state index in [4.69, 9.17) is 22.0 Å². The van der Waals surface area contributed by atoms with E-state index in [1.54, 1.807) is 4.98 Å². The van der Waals surface area contributed by atoms with Crippen molar-refractivity contribution in [3.63, 3.8) is 0 Å². The third-order valence-electron chi connectivity index (χ3n) is 3.16. The molecule has 5 N–H and O–H groups in total. The van der Waals surface area contributed by atoms with E-state index >= 15 is 0 Å². The van der Waals surface area contributed by atoms with Crippen LogP contribution in [0.4, 0.5) is 4.39 Å². The highest BCUT2D eigenvalue weighted by Gasteiger charge is 2.54. The number of hydrogen-bond donors (Lipinski definition) is 4. The first kappa shape index (κ1) is 14.4. The van der Waals surface area contributed by atoms with E-state index in [0.29, 0.717) is 10.8 Å². The molecule has 0 spiro atoms. The summed E-state index contributed by atoms with van der Waals surface area (Å²) in [7, 11) is 0. The molecule has 1 aromatic heterocycles. The standard InChI is InChI=1S/C11H12FN3O5/c1-2-11(13)7(17)6(4-16)20-9(11)15-3-5(12)8(18)14-10(15)19/h1,3,6-7,9,16-17H,4,13H2,(H,14,18,19)/t6-,7?,9-,11?/m1/s1. The molecule has 0 aliphatic carbocycles. The van der Waals surface area contributed by atoms with Gasteiger partial charge in [-0.15, -0.1) is 6.42 Å². The number of nitrogens with zero attached hydrogens (tertiary/aromatic N) is 1. The van der Waals surface area contributed by atoms with Gasteiger partial charge in [-0.05, 0) is 0 Å². The Hall–Kier alpha value is -1.99. The minimum absolute atomic E-state index is 0.581. The normalized spacial score (nSPS) is 33.0. The van der Waals surface area contributed by atoms with Gasteiger partial charge in [-0.3, -0.25) is 14.3 Å². The Morgan fingerprint density at radius 2 is 2.30 bits per heavy atom. The van der Waals surface area contributed by atoms with Gasteiger partial charge < -0.3 is 20.7 Å². The molecule has 0 aromatic carbocycles. The smallest absolute Gasteiger partial charge is 0.330 e. The van der Waals surface area contributed by atoms with E-state index in [1.807, 2.05) is 0 Å². The van der Waals surface area contributed by atoms with Crippen molar-refractivity contribution >= 4 is 0 Å². The molecule has 0 amide bonds. The minimum atomic E-state index is -1.86. The number of aromatic amines is 1. The molecule has 4 atom stereocenters. The Morgan fingerprint density at radius 1 is 1.65 bits per heavy atom. The number of rotatable bonds is 2. The Morgan fingerprint density at radius 3 is 2.85 bits per heavy atom. The van der Waals surface area contributed by atoms with Crippen molar-refractivity contribution in [1.82, 2.24) is 9.55 Å². The number of aromatic nitrogens is 2. The molecular weight excluding hydrogens is 273 g/mol. The van der Waals surface area contributed by atoms with Gasteiger partial charge in [0.1, 0.15) is 12.2 Å². The number of ether oxygens (including phenoxy) is 1. The summed E-state index contributed by atoms with van der Waals surface area (Å²) < 4.78 is 19.1. The quantitative estimate of drug-likeness (QED) is 0.436. The van der Waals surface area contributed by atoms with Crippen molar-refractivity contribution in [2.75, 3.05) is 6.61 Å². The lowest BCUT2D eigenvalue weighted by Gasteiger charge is -2.27. The van der Waals surface area contributed by atoms with Crippen molar-refractivity contribution in [3.05, 3.63) is 32.9 Å². The first-order valence-corrected chi connectivity index (χ1v) is 5.57. The van der Waals surface area contributed by atoms with Gasteiger partial charge in [0.25, 0.3) is 5.56 Å². The molecule has 1 aliphatic rings. The Kier molecular flexibility index (Phi) is 3.49. The Bertz CT molecular complexity index is 678. The molecule has 1 saturated heterocycles. The van der Waals surface area contributed by atoms with Crippen LogP contribution in [-0.4, -0.2) is 44.1 Å². The molecule has 0 bridgehead atoms. The molecule has 108 valence electrons. The highest BCUT2D eigenvalue weighted by atomic mass is 19.1. The van der Waals surface area contributed by atoms with Crippen molar-refractivity contribution < 1.29 is 19.3 Å². The van der Waals surface area contributed by atoms with Gasteiger partial charge in [-0.2, -0.15) is 4.39 Å². The van der Waals surface area contributed by atoms with Crippen LogP contribution in [-0.2, 0) is 4.74 Å². The summed E-state index contributed by atoms with van der Waals surface area (Å²) in [5.41, 5.74) is 1.74. The summed E-state index contributed by atoms with van der Waals surface area (Å²) in [6.07, 6.45) is 1.79. The molecular formula is C11H12FN3O5. The lowest BCUT2D eigenvalue weighted by molar-refractivity contribution is -0.0480. The molecule has 2 heterocycles. The predicted octanol–water partition coefficient (Wildman–Crippen LogP) is -2.74. The lowest BCUT2D eigenvalue weighted by Crippen LogP contribution is -2.55. The first-order chi connectivity index (χ1) is 9.35. The van der Waals surface area contributed by atoms with Gasteiger partial charge >= 0.3 is 5.69 Å². The maximum absolute atomic E-state index is 13.3. The van der Waals surface area contributed by atoms with Crippen molar-refractivity contribution in [2.24, 2.45) is 5.73 Å². The largest absolute Gasteiger partial charge is 0.394 e. The average molecular weight is 285 g/mol. The fourth-order valence-electron chi connectivity index (χ4n) is 2.04. The fourth-order valence-corrected chi connectivity index (χ4v) is 2.04. The van der Waals surface area contributed by atoms with Crippen LogP contribution in [0.2, 0.25) is 0 Å². The van der Waals surface area contributed by atoms with Gasteiger partial charge in [0.05, 0.1) is 12.8 Å². The Balaban J connectivity index is 2.58. The number of aliphatic hydroxyl groups excluding tert-OH is 2. The molecule has 0 radical (unpaired) electrons. The van der Waals surface area contributed by atoms with Crippen LogP contribution in [0, 0.1) is 18.2 Å². The minimum Gasteiger partial charge on any atom is -0.394 e. The topological polar surface area (TPSA) is 131 Å². The predicted molar refractivity (Wildman–Crippen MR) is 64.0 cm³/mol. The zero-order chi connectivity index (χ0) is 15.1. The van der Waals surface area contributed by atoms with E-state index < -0.39 is 47.6 Å². The third-order valence-corrected chi connectivity index (χ3v) is 3.16. The van der Waals surface area contributed by atoms with Gasteiger partial charge in [-0.1, -0.05) is 5.92 Å². The zero-order valence-electron chi connectivity index (χ0n) is 10.1. The van der Waals surface area contributed by atoms with Crippen LogP contribution in [0.25, 0.3) is 0 Å². The second-order valence-corrected chi connectivity index (χ2v) is 4.38. The maximum Gasteiger partial charge on any atom is 0.330 e. The Labute approximate surface area is 111 Å². The summed E-state index contributed by atoms with van der Waals surface area (Å²) in [5, 5.41) is 19.0. The van der Waals surface area contributed by atoms with Crippen LogP contribution < -0.4 is 17.0 Å². The third kappa shape index (κ3) is 1.95. The van der Waals surface area contributed by atoms with E-state index in [2.05, 4.69) is 5.92 Å². The van der Waals surface area contributed by atoms with Gasteiger partial charge in [0.15, 0.2) is 11.8 Å². The number of nitrogens with one attached hydrogen (secondary N) is 1. The van der Waals surface area contributed by atoms with E-state index in [-0.39, 0.29) is 0 Å². The summed E-state index contributed by atoms with van der Waals surface area (Å²) >= 11 is 0. The van der Waals surface area contributed by atoms with Crippen LogP contribution in [0.1, 0.15) is 6.23 Å². The van der Waals surface area contributed by atoms with E-state index in [1.165, 1.54) is 0 Å². The molecule has 1 aromatic rings. The highest BCUT2D eigenvalue weighted by Crippen LogP contribution is 2.35. The number of nitrogens with two attached hydrogens (primary N) is 1. The molecule has 2 rings (SSSR count). The molecule has 9 heteroatoms. The van der Waals surface area contributed by atoms with E-state index in [0.717, 1.165) is 0 Å². The summed E-state index contributed by atoms with van der Waals surface area (Å²) in [6, 6.07) is 0. The van der Waals surface area contributed by atoms with Crippen molar-refractivity contribution in [1.29, 1.82) is 0 Å². The van der Waals surface area contributed by atoms with Crippen LogP contribution in [0.15, 0.2) is 15.8 Å². The summed E-state index contributed by atoms with van der Waals surface area (Å²) in [4.78, 5) is 24.4. The monoisotopic (exact) mass is 285 g/mol. The van der Waals surface area contributed by atoms with Gasteiger partial charge in [-0.25, -0.2) is 4.79 Å². The zero-order valence-corrected chi connectivity index (χ0v) is 10.1. The lowest BCUT2D eigenvalue weighted by atomic mass is 9.92. The van der Waals surface area contributed by atoms with Gasteiger partial charge in [0, 0.05) is 0 Å². The molecule has 20 heavy (non-hydrogen) atoms. The van der Waals surface area contributed by atoms with Crippen molar-refractivity contribution in [3.8, 4) is 12.3 Å². The summed E-state index contributed by atoms with van der Waals surface area (Å²) in [6.45, 7) is -0.598. The SMILES string of the molecule is C#CC1(N)C(O)[C@@H](CO)O[C@H]1n1cc(F)c(=O)[nH]c1=O. The number of aliphatic hydroxyl groups is 2. The number of H-pyrrole nitrogens is 1. The van der Waals surface area contributed by atoms with Gasteiger partial charge in [0.2, 0.25) is 5.82 Å². The second kappa shape index (κ2) is 4.84. The fraction of sp³-hybridized carbons (Fsp3) is 0.455. The van der Waals surface area contributed by atoms with Crippen molar-refractivity contribution in [2.45, 2.75) is 24.0 Å². The van der Waals surface area contributed by atoms with E-state index in [9.17, 15) is 19.1 Å². The average Bonchev–Trinajstić information content (AvgIpc) is 2.67. The van der Waals surface area contributed by atoms with Crippen LogP contribution in [0.3, 0.4) is 0 Å². The maximum atomic E-state index is 13.3. The first-order valence-electron chi connectivity index (χ1n) is 5.57. The molecule has 1 aliphatic heterocycles. The second-order valence-electron chi connectivity index (χ2n) is 4.38. The molecule has 8 nitrogen and oxygen atoms in total. The van der Waals surface area contributed by atoms with Crippen LogP contribution in [0.5, 0.6) is 0 Å². The summed E-state index contributed by atoms with van der Waals surface area (Å²) in [5.74, 6) is 0.841. The highest BCUT2D eigenvalue weighted by molar-refractivity contribution is 5.22. The number of terminal acetylenes is 1. The molecule has 1 fully saturated rings. The molecule has 2 unspecified atom stereocenters. The number of halogens is 1. The molecule has 0 saturated carbocycles. The number of hydrogen-bond acceptors (Lipinski definition) is 6. The van der Waals surface area contributed by atoms with Crippen LogP contribution >= 0.6 is 0 Å².